The number of rotatable bonds is 1. The van der Waals surface area contributed by atoms with E-state index in [2.05, 4.69) is 34.6 Å². The molecule has 0 aliphatic carbocycles. The van der Waals surface area contributed by atoms with Crippen LogP contribution in [0.3, 0.4) is 0 Å². The molecule has 0 amide bonds. The molecule has 0 saturated carbocycles. The van der Waals surface area contributed by atoms with Gasteiger partial charge in [0.25, 0.3) is 0 Å². The van der Waals surface area contributed by atoms with E-state index in [1.807, 2.05) is 24.2 Å². The summed E-state index contributed by atoms with van der Waals surface area (Å²) in [7, 11) is 0. The van der Waals surface area contributed by atoms with Crippen LogP contribution in [0.15, 0.2) is 36.7 Å². The number of thioether (sulfide) groups is 1. The van der Waals surface area contributed by atoms with Gasteiger partial charge in [-0.1, -0.05) is 24.3 Å². The first-order valence-corrected chi connectivity index (χ1v) is 6.18. The van der Waals surface area contributed by atoms with E-state index in [4.69, 9.17) is 0 Å². The summed E-state index contributed by atoms with van der Waals surface area (Å²) < 4.78 is 0. The Bertz CT molecular complexity index is 473. The number of hydrogen-bond acceptors (Lipinski definition) is 3. The summed E-state index contributed by atoms with van der Waals surface area (Å²) in [6.07, 6.45) is 3.91. The number of nitrogens with zero attached hydrogens (tertiary/aromatic N) is 1. The van der Waals surface area contributed by atoms with Crippen LogP contribution in [-0.2, 0) is 0 Å². The predicted octanol–water partition coefficient (Wildman–Crippen LogP) is 2.57. The van der Waals surface area contributed by atoms with Crippen LogP contribution in [0.25, 0.3) is 10.8 Å². The highest BCUT2D eigenvalue weighted by molar-refractivity contribution is 7.99. The number of benzene rings is 1. The third kappa shape index (κ3) is 1.62. The van der Waals surface area contributed by atoms with Crippen molar-refractivity contribution in [3.63, 3.8) is 0 Å². The monoisotopic (exact) mass is 216 g/mol. The minimum atomic E-state index is 0.420. The van der Waals surface area contributed by atoms with Gasteiger partial charge in [-0.3, -0.25) is 4.98 Å². The van der Waals surface area contributed by atoms with Crippen LogP contribution in [0.4, 0.5) is 0 Å². The third-order valence-corrected chi connectivity index (χ3v) is 3.89. The maximum absolute atomic E-state index is 4.30. The SMILES string of the molecule is c1ccc2c(C3NCCS3)cncc2c1. The van der Waals surface area contributed by atoms with Crippen molar-refractivity contribution in [1.82, 2.24) is 10.3 Å². The zero-order chi connectivity index (χ0) is 10.1. The molecule has 2 aromatic rings. The second-order valence-electron chi connectivity index (χ2n) is 3.65. The first kappa shape index (κ1) is 9.19. The molecule has 2 nitrogen and oxygen atoms in total. The molecule has 1 aliphatic rings. The average Bonchev–Trinajstić information content (AvgIpc) is 2.82. The van der Waals surface area contributed by atoms with Crippen molar-refractivity contribution >= 4 is 22.5 Å². The number of fused-ring (bicyclic) bond motifs is 1. The third-order valence-electron chi connectivity index (χ3n) is 2.70. The van der Waals surface area contributed by atoms with E-state index in [1.54, 1.807) is 0 Å². The molecule has 1 aromatic carbocycles. The van der Waals surface area contributed by atoms with Gasteiger partial charge in [-0.25, -0.2) is 0 Å². The molecule has 15 heavy (non-hydrogen) atoms. The van der Waals surface area contributed by atoms with Crippen LogP contribution >= 0.6 is 11.8 Å². The fraction of sp³-hybridized carbons (Fsp3) is 0.250. The number of hydrogen-bond donors (Lipinski definition) is 1. The molecule has 1 unspecified atom stereocenters. The molecule has 3 rings (SSSR count). The van der Waals surface area contributed by atoms with Gasteiger partial charge in [-0.05, 0) is 5.39 Å². The maximum atomic E-state index is 4.30. The fourth-order valence-corrected chi connectivity index (χ4v) is 3.05. The van der Waals surface area contributed by atoms with Gasteiger partial charge in [0.1, 0.15) is 0 Å². The lowest BCUT2D eigenvalue weighted by Crippen LogP contribution is -2.12. The van der Waals surface area contributed by atoms with Crippen LogP contribution in [0.5, 0.6) is 0 Å². The smallest absolute Gasteiger partial charge is 0.0811 e. The van der Waals surface area contributed by atoms with Crippen molar-refractivity contribution in [2.75, 3.05) is 12.3 Å². The van der Waals surface area contributed by atoms with E-state index in [0.29, 0.717) is 5.37 Å². The molecule has 0 spiro atoms. The van der Waals surface area contributed by atoms with Crippen LogP contribution < -0.4 is 5.32 Å². The summed E-state index contributed by atoms with van der Waals surface area (Å²) in [5.41, 5.74) is 1.32. The summed E-state index contributed by atoms with van der Waals surface area (Å²) in [5, 5.41) is 6.45. The highest BCUT2D eigenvalue weighted by Gasteiger charge is 2.18. The quantitative estimate of drug-likeness (QED) is 0.793. The van der Waals surface area contributed by atoms with Gasteiger partial charge in [-0.15, -0.1) is 11.8 Å². The minimum absolute atomic E-state index is 0.420. The van der Waals surface area contributed by atoms with Crippen molar-refractivity contribution in [2.45, 2.75) is 5.37 Å². The van der Waals surface area contributed by atoms with E-state index < -0.39 is 0 Å². The second kappa shape index (κ2) is 3.83. The molecule has 3 heteroatoms. The first-order valence-electron chi connectivity index (χ1n) is 5.13. The Hall–Kier alpha value is -1.06. The molecule has 0 bridgehead atoms. The Balaban J connectivity index is 2.16. The van der Waals surface area contributed by atoms with Crippen molar-refractivity contribution in [3.8, 4) is 0 Å². The maximum Gasteiger partial charge on any atom is 0.0811 e. The van der Waals surface area contributed by atoms with Crippen molar-refractivity contribution < 1.29 is 0 Å². The van der Waals surface area contributed by atoms with E-state index in [1.165, 1.54) is 22.1 Å². The number of aromatic nitrogens is 1. The van der Waals surface area contributed by atoms with E-state index in [9.17, 15) is 0 Å². The van der Waals surface area contributed by atoms with Crippen LogP contribution in [0.1, 0.15) is 10.9 Å². The van der Waals surface area contributed by atoms with Gasteiger partial charge in [0, 0.05) is 35.6 Å². The molecular formula is C12H12N2S. The largest absolute Gasteiger partial charge is 0.301 e. The summed E-state index contributed by atoms with van der Waals surface area (Å²) >= 11 is 1.96. The Morgan fingerprint density at radius 2 is 2.20 bits per heavy atom. The van der Waals surface area contributed by atoms with Gasteiger partial charge in [0.2, 0.25) is 0 Å². The average molecular weight is 216 g/mol. The van der Waals surface area contributed by atoms with Crippen molar-refractivity contribution in [3.05, 3.63) is 42.2 Å². The molecule has 1 aliphatic heterocycles. The minimum Gasteiger partial charge on any atom is -0.301 e. The molecule has 1 aromatic heterocycles. The first-order chi connectivity index (χ1) is 7.45. The fourth-order valence-electron chi connectivity index (χ4n) is 1.97. The lowest BCUT2D eigenvalue weighted by molar-refractivity contribution is 0.753. The highest BCUT2D eigenvalue weighted by Crippen LogP contribution is 2.33. The Kier molecular flexibility index (Phi) is 2.35. The number of nitrogens with one attached hydrogen (secondary N) is 1. The van der Waals surface area contributed by atoms with Crippen LogP contribution in [-0.4, -0.2) is 17.3 Å². The molecule has 1 saturated heterocycles. The molecule has 0 radical (unpaired) electrons. The van der Waals surface area contributed by atoms with Crippen LogP contribution in [0, 0.1) is 0 Å². The van der Waals surface area contributed by atoms with Gasteiger partial charge in [-0.2, -0.15) is 0 Å². The Morgan fingerprint density at radius 1 is 1.27 bits per heavy atom. The van der Waals surface area contributed by atoms with Crippen LogP contribution in [0.2, 0.25) is 0 Å². The molecular weight excluding hydrogens is 204 g/mol. The van der Waals surface area contributed by atoms with E-state index in [0.717, 1.165) is 6.54 Å². The lowest BCUT2D eigenvalue weighted by atomic mass is 10.1. The number of pyridine rings is 1. The van der Waals surface area contributed by atoms with Crippen molar-refractivity contribution in [2.24, 2.45) is 0 Å². The highest BCUT2D eigenvalue weighted by atomic mass is 32.2. The Morgan fingerprint density at radius 3 is 3.07 bits per heavy atom. The summed E-state index contributed by atoms with van der Waals surface area (Å²) in [4.78, 5) is 4.30. The topological polar surface area (TPSA) is 24.9 Å². The predicted molar refractivity (Wildman–Crippen MR) is 64.9 cm³/mol. The van der Waals surface area contributed by atoms with Gasteiger partial charge < -0.3 is 5.32 Å². The standard InChI is InChI=1S/C12H12N2S/c1-2-4-10-9(3-1)7-13-8-11(10)12-14-5-6-15-12/h1-4,7-8,12,14H,5-6H2. The second-order valence-corrected chi connectivity index (χ2v) is 4.87. The molecule has 1 atom stereocenters. The van der Waals surface area contributed by atoms with Gasteiger partial charge in [0.15, 0.2) is 0 Å². The van der Waals surface area contributed by atoms with Crippen molar-refractivity contribution in [1.29, 1.82) is 0 Å². The van der Waals surface area contributed by atoms with E-state index >= 15 is 0 Å². The summed E-state index contributed by atoms with van der Waals surface area (Å²) in [6.45, 7) is 1.10. The normalized spacial score (nSPS) is 20.9. The summed E-state index contributed by atoms with van der Waals surface area (Å²) in [5.74, 6) is 1.19. The molecule has 1 N–H and O–H groups in total. The van der Waals surface area contributed by atoms with Gasteiger partial charge in [0.05, 0.1) is 5.37 Å². The Labute approximate surface area is 93.1 Å². The molecule has 76 valence electrons. The summed E-state index contributed by atoms with van der Waals surface area (Å²) in [6, 6.07) is 8.44. The molecule has 1 fully saturated rings. The zero-order valence-electron chi connectivity index (χ0n) is 8.31. The lowest BCUT2D eigenvalue weighted by Gasteiger charge is -2.12. The van der Waals surface area contributed by atoms with Gasteiger partial charge >= 0.3 is 0 Å². The van der Waals surface area contributed by atoms with E-state index in [-0.39, 0.29) is 0 Å². The molecule has 2 heterocycles. The zero-order valence-corrected chi connectivity index (χ0v) is 9.13.